The first-order valence-corrected chi connectivity index (χ1v) is 6.16. The van der Waals surface area contributed by atoms with Crippen LogP contribution in [-0.4, -0.2) is 15.0 Å². The van der Waals surface area contributed by atoms with Crippen molar-refractivity contribution in [2.24, 2.45) is 0 Å². The summed E-state index contributed by atoms with van der Waals surface area (Å²) in [6, 6.07) is 5.89. The van der Waals surface area contributed by atoms with Crippen LogP contribution in [0.3, 0.4) is 0 Å². The van der Waals surface area contributed by atoms with E-state index >= 15 is 0 Å². The van der Waals surface area contributed by atoms with Crippen LogP contribution in [0.4, 0.5) is 0 Å². The lowest BCUT2D eigenvalue weighted by atomic mass is 10.3. The fourth-order valence-electron chi connectivity index (χ4n) is 1.39. The maximum Gasteiger partial charge on any atom is 0.144 e. The van der Waals surface area contributed by atoms with Crippen molar-refractivity contribution in [3.05, 3.63) is 52.8 Å². The minimum absolute atomic E-state index is 0.113. The number of rotatable bonds is 4. The van der Waals surface area contributed by atoms with Gasteiger partial charge in [0.05, 0.1) is 11.7 Å². The van der Waals surface area contributed by atoms with E-state index < -0.39 is 0 Å². The second-order valence-electron chi connectivity index (χ2n) is 3.68. The van der Waals surface area contributed by atoms with Crippen molar-refractivity contribution in [1.29, 1.82) is 0 Å². The minimum Gasteiger partial charge on any atom is -0.302 e. The third kappa shape index (κ3) is 3.57. The molecule has 0 amide bonds. The maximum absolute atomic E-state index is 4.29. The molecule has 0 fully saturated rings. The van der Waals surface area contributed by atoms with E-state index in [-0.39, 0.29) is 6.04 Å². The van der Waals surface area contributed by atoms with Crippen molar-refractivity contribution in [2.75, 3.05) is 0 Å². The molecule has 4 nitrogen and oxygen atoms in total. The zero-order valence-electron chi connectivity index (χ0n) is 9.47. The zero-order chi connectivity index (χ0) is 12.1. The molecule has 0 aliphatic carbocycles. The van der Waals surface area contributed by atoms with Gasteiger partial charge in [0.2, 0.25) is 0 Å². The standard InChI is InChI=1S/C12H13BrN4/c1-9(12-14-5-2-6-15-12)16-8-11-4-3-10(13)7-17-11/h2-7,9,16H,8H2,1H3/t9-/m1/s1. The third-order valence-electron chi connectivity index (χ3n) is 2.35. The summed E-state index contributed by atoms with van der Waals surface area (Å²) in [6.07, 6.45) is 5.29. The minimum atomic E-state index is 0.113. The van der Waals surface area contributed by atoms with E-state index in [0.717, 1.165) is 16.0 Å². The van der Waals surface area contributed by atoms with Gasteiger partial charge in [-0.15, -0.1) is 0 Å². The fourth-order valence-corrected chi connectivity index (χ4v) is 1.63. The molecule has 0 aromatic carbocycles. The molecule has 17 heavy (non-hydrogen) atoms. The van der Waals surface area contributed by atoms with Gasteiger partial charge in [-0.05, 0) is 41.1 Å². The van der Waals surface area contributed by atoms with E-state index in [1.165, 1.54) is 0 Å². The molecule has 0 bridgehead atoms. The van der Waals surface area contributed by atoms with E-state index in [4.69, 9.17) is 0 Å². The van der Waals surface area contributed by atoms with Crippen LogP contribution < -0.4 is 5.32 Å². The summed E-state index contributed by atoms with van der Waals surface area (Å²) >= 11 is 3.36. The van der Waals surface area contributed by atoms with Gasteiger partial charge in [0, 0.05) is 29.6 Å². The maximum atomic E-state index is 4.29. The van der Waals surface area contributed by atoms with Crippen LogP contribution in [0.15, 0.2) is 41.3 Å². The largest absolute Gasteiger partial charge is 0.302 e. The van der Waals surface area contributed by atoms with Gasteiger partial charge in [0.25, 0.3) is 0 Å². The Bertz CT molecular complexity index is 458. The molecule has 1 atom stereocenters. The van der Waals surface area contributed by atoms with Crippen LogP contribution >= 0.6 is 15.9 Å². The topological polar surface area (TPSA) is 50.7 Å². The summed E-state index contributed by atoms with van der Waals surface area (Å²) in [5, 5.41) is 3.33. The normalized spacial score (nSPS) is 12.4. The molecule has 2 heterocycles. The highest BCUT2D eigenvalue weighted by Gasteiger charge is 2.06. The smallest absolute Gasteiger partial charge is 0.144 e. The molecular weight excluding hydrogens is 280 g/mol. The van der Waals surface area contributed by atoms with Crippen LogP contribution in [0.25, 0.3) is 0 Å². The SMILES string of the molecule is C[C@@H](NCc1ccc(Br)cn1)c1ncccn1. The fraction of sp³-hybridized carbons (Fsp3) is 0.250. The van der Waals surface area contributed by atoms with Gasteiger partial charge in [-0.25, -0.2) is 9.97 Å². The first-order chi connectivity index (χ1) is 8.25. The second-order valence-corrected chi connectivity index (χ2v) is 4.59. The molecule has 0 radical (unpaired) electrons. The molecule has 5 heteroatoms. The number of hydrogen-bond acceptors (Lipinski definition) is 4. The summed E-state index contributed by atoms with van der Waals surface area (Å²) in [5.41, 5.74) is 0.996. The molecule has 1 N–H and O–H groups in total. The molecule has 0 aliphatic rings. The van der Waals surface area contributed by atoms with Gasteiger partial charge in [0.15, 0.2) is 0 Å². The van der Waals surface area contributed by atoms with Crippen molar-refractivity contribution < 1.29 is 0 Å². The lowest BCUT2D eigenvalue weighted by Gasteiger charge is -2.11. The molecule has 0 aliphatic heterocycles. The Labute approximate surface area is 109 Å². The molecule has 0 unspecified atom stereocenters. The van der Waals surface area contributed by atoms with Crippen LogP contribution in [0.2, 0.25) is 0 Å². The van der Waals surface area contributed by atoms with Gasteiger partial charge >= 0.3 is 0 Å². The Kier molecular flexibility index (Phi) is 4.17. The van der Waals surface area contributed by atoms with Crippen LogP contribution in [0.1, 0.15) is 24.5 Å². The number of nitrogens with zero attached hydrogens (tertiary/aromatic N) is 3. The predicted octanol–water partition coefficient (Wildman–Crippen LogP) is 2.48. The van der Waals surface area contributed by atoms with Crippen LogP contribution in [0.5, 0.6) is 0 Å². The molecular formula is C12H13BrN4. The number of pyridine rings is 1. The highest BCUT2D eigenvalue weighted by atomic mass is 79.9. The van der Waals surface area contributed by atoms with Crippen molar-refractivity contribution in [3.8, 4) is 0 Å². The predicted molar refractivity (Wildman–Crippen MR) is 69.2 cm³/mol. The van der Waals surface area contributed by atoms with Crippen molar-refractivity contribution >= 4 is 15.9 Å². The van der Waals surface area contributed by atoms with E-state index in [0.29, 0.717) is 6.54 Å². The average Bonchev–Trinajstić information content (AvgIpc) is 2.39. The van der Waals surface area contributed by atoms with Crippen molar-refractivity contribution in [2.45, 2.75) is 19.5 Å². The Morgan fingerprint density at radius 1 is 1.24 bits per heavy atom. The van der Waals surface area contributed by atoms with Crippen LogP contribution in [-0.2, 0) is 6.54 Å². The highest BCUT2D eigenvalue weighted by Crippen LogP contribution is 2.09. The van der Waals surface area contributed by atoms with E-state index in [9.17, 15) is 0 Å². The van der Waals surface area contributed by atoms with E-state index in [1.807, 2.05) is 25.1 Å². The van der Waals surface area contributed by atoms with E-state index in [2.05, 4.69) is 36.2 Å². The van der Waals surface area contributed by atoms with E-state index in [1.54, 1.807) is 18.6 Å². The molecule has 0 spiro atoms. The van der Waals surface area contributed by atoms with Crippen LogP contribution in [0, 0.1) is 0 Å². The summed E-state index contributed by atoms with van der Waals surface area (Å²) in [5.74, 6) is 0.796. The Morgan fingerprint density at radius 2 is 2.00 bits per heavy atom. The first-order valence-electron chi connectivity index (χ1n) is 5.36. The number of nitrogens with one attached hydrogen (secondary N) is 1. The molecule has 88 valence electrons. The summed E-state index contributed by atoms with van der Waals surface area (Å²) < 4.78 is 0.987. The van der Waals surface area contributed by atoms with Crippen molar-refractivity contribution in [1.82, 2.24) is 20.3 Å². The number of aromatic nitrogens is 3. The Morgan fingerprint density at radius 3 is 2.65 bits per heavy atom. The molecule has 2 aromatic heterocycles. The van der Waals surface area contributed by atoms with Crippen molar-refractivity contribution in [3.63, 3.8) is 0 Å². The van der Waals surface area contributed by atoms with Gasteiger partial charge in [0.1, 0.15) is 5.82 Å². The summed E-state index contributed by atoms with van der Waals surface area (Å²) in [4.78, 5) is 12.7. The third-order valence-corrected chi connectivity index (χ3v) is 2.82. The molecule has 2 aromatic rings. The molecule has 0 saturated carbocycles. The summed E-state index contributed by atoms with van der Waals surface area (Å²) in [7, 11) is 0. The monoisotopic (exact) mass is 292 g/mol. The van der Waals surface area contributed by atoms with Gasteiger partial charge < -0.3 is 5.32 Å². The average molecular weight is 293 g/mol. The van der Waals surface area contributed by atoms with Gasteiger partial charge in [-0.2, -0.15) is 0 Å². The second kappa shape index (κ2) is 5.84. The molecule has 0 saturated heterocycles. The number of hydrogen-bond donors (Lipinski definition) is 1. The van der Waals surface area contributed by atoms with Gasteiger partial charge in [-0.1, -0.05) is 0 Å². The highest BCUT2D eigenvalue weighted by molar-refractivity contribution is 9.10. The first kappa shape index (κ1) is 12.1. The lowest BCUT2D eigenvalue weighted by molar-refractivity contribution is 0.540. The summed E-state index contributed by atoms with van der Waals surface area (Å²) in [6.45, 7) is 2.74. The molecule has 2 rings (SSSR count). The van der Waals surface area contributed by atoms with Gasteiger partial charge in [-0.3, -0.25) is 4.98 Å². The zero-order valence-corrected chi connectivity index (χ0v) is 11.1. The Balaban J connectivity index is 1.92. The number of halogens is 1. The Hall–Kier alpha value is -1.33. The quantitative estimate of drug-likeness (QED) is 0.941. The lowest BCUT2D eigenvalue weighted by Crippen LogP contribution is -2.20.